The number of ether oxygens (including phenoxy) is 2. The molecule has 0 aliphatic heterocycles. The first-order chi connectivity index (χ1) is 19.0. The van der Waals surface area contributed by atoms with Crippen molar-refractivity contribution < 1.29 is 29.1 Å². The van der Waals surface area contributed by atoms with Crippen LogP contribution in [0.3, 0.4) is 0 Å². The molecule has 0 aliphatic carbocycles. The van der Waals surface area contributed by atoms with Crippen LogP contribution in [0.25, 0.3) is 11.1 Å². The van der Waals surface area contributed by atoms with E-state index in [0.717, 1.165) is 25.6 Å². The van der Waals surface area contributed by atoms with Crippen LogP contribution in [0.15, 0.2) is 93.9 Å². The van der Waals surface area contributed by atoms with Crippen LogP contribution in [0.1, 0.15) is 31.8 Å². The zero-order chi connectivity index (χ0) is 29.8. The molecule has 6 nitrogen and oxygen atoms in total. The number of rotatable bonds is 4. The van der Waals surface area contributed by atoms with Gasteiger partial charge in [-0.2, -0.15) is 0 Å². The van der Waals surface area contributed by atoms with Gasteiger partial charge < -0.3 is 19.5 Å². The number of hydrogen-bond donors (Lipinski definition) is 2. The molecular weight excluding hydrogens is 754 g/mol. The van der Waals surface area contributed by atoms with Gasteiger partial charge in [0.25, 0.3) is 0 Å². The number of methoxy groups -OCH3 is 2. The third kappa shape index (κ3) is 9.85. The Morgan fingerprint density at radius 3 is 1.73 bits per heavy atom. The molecule has 0 heterocycles. The van der Waals surface area contributed by atoms with E-state index in [1.54, 1.807) is 18.2 Å². The van der Waals surface area contributed by atoms with Gasteiger partial charge in [-0.3, -0.25) is 0 Å². The molecule has 2 N–H and O–H groups in total. The molecule has 4 rings (SSSR count). The maximum absolute atomic E-state index is 11.8. The van der Waals surface area contributed by atoms with E-state index in [4.69, 9.17) is 14.8 Å². The fourth-order valence-corrected chi connectivity index (χ4v) is 4.85. The van der Waals surface area contributed by atoms with E-state index in [1.165, 1.54) is 35.5 Å². The number of halogens is 3. The number of carbonyl (C=O) groups excluding carboxylic acids is 2. The van der Waals surface area contributed by atoms with Crippen molar-refractivity contribution in [3.05, 3.63) is 120 Å². The van der Waals surface area contributed by atoms with Crippen molar-refractivity contribution in [1.29, 1.82) is 0 Å². The van der Waals surface area contributed by atoms with Gasteiger partial charge in [0.2, 0.25) is 0 Å². The molecule has 0 atom stereocenters. The normalized spacial score (nSPS) is 9.82. The molecule has 4 aromatic rings. The lowest BCUT2D eigenvalue weighted by Crippen LogP contribution is -2.34. The van der Waals surface area contributed by atoms with Gasteiger partial charge in [0.15, 0.2) is 0 Å². The van der Waals surface area contributed by atoms with Crippen LogP contribution in [-0.2, 0) is 9.47 Å². The van der Waals surface area contributed by atoms with Crippen molar-refractivity contribution in [2.75, 3.05) is 14.2 Å². The SMILES string of the molecule is COC(=O)c1ccccc1-c1ccc(Br)cc1C.COC(=O)c1ccccc1B(O)O.Cc1cc(Br)ccc1I. The van der Waals surface area contributed by atoms with Gasteiger partial charge in [0.05, 0.1) is 25.3 Å². The number of hydrogen-bond acceptors (Lipinski definition) is 6. The smallest absolute Gasteiger partial charge is 0.465 e. The van der Waals surface area contributed by atoms with E-state index in [9.17, 15) is 9.59 Å². The van der Waals surface area contributed by atoms with Gasteiger partial charge in [0.1, 0.15) is 0 Å². The third-order valence-electron chi connectivity index (χ3n) is 5.58. The Kier molecular flexibility index (Phi) is 14.1. The number of aryl methyl sites for hydroxylation is 2. The summed E-state index contributed by atoms with van der Waals surface area (Å²) in [6.07, 6.45) is 0. The summed E-state index contributed by atoms with van der Waals surface area (Å²) in [5.41, 5.74) is 5.28. The van der Waals surface area contributed by atoms with E-state index < -0.39 is 13.1 Å². The molecule has 40 heavy (non-hydrogen) atoms. The number of carbonyl (C=O) groups is 2. The second-order valence-electron chi connectivity index (χ2n) is 8.34. The molecule has 0 fully saturated rings. The summed E-state index contributed by atoms with van der Waals surface area (Å²) in [6.45, 7) is 4.13. The molecule has 0 aliphatic rings. The minimum absolute atomic E-state index is 0.148. The van der Waals surface area contributed by atoms with Gasteiger partial charge in [-0.05, 0) is 107 Å². The number of benzene rings is 4. The molecule has 0 saturated heterocycles. The fraction of sp³-hybridized carbons (Fsp3) is 0.133. The van der Waals surface area contributed by atoms with E-state index in [0.29, 0.717) is 5.56 Å². The predicted molar refractivity (Wildman–Crippen MR) is 175 cm³/mol. The standard InChI is InChI=1S/C15H13BrO2.C8H9BO4.C7H6BrI/c1-10-9-11(16)7-8-12(10)13-5-3-4-6-14(13)15(17)18-2;1-13-8(10)6-4-2-3-5-7(6)9(11)12;1-5-4-6(8)2-3-7(5)9/h3-9H,1-2H3;2-5,11-12H,1H3;2-4H,1H3. The zero-order valence-electron chi connectivity index (χ0n) is 22.3. The van der Waals surface area contributed by atoms with Gasteiger partial charge in [-0.15, -0.1) is 0 Å². The van der Waals surface area contributed by atoms with Crippen molar-refractivity contribution in [1.82, 2.24) is 0 Å². The van der Waals surface area contributed by atoms with Crippen LogP contribution in [0.5, 0.6) is 0 Å². The Bertz CT molecular complexity index is 1460. The highest BCUT2D eigenvalue weighted by Crippen LogP contribution is 2.29. The summed E-state index contributed by atoms with van der Waals surface area (Å²) in [4.78, 5) is 22.8. The minimum atomic E-state index is -1.66. The molecule has 208 valence electrons. The molecule has 0 saturated carbocycles. The average molecular weight is 782 g/mol. The van der Waals surface area contributed by atoms with Crippen LogP contribution in [0.2, 0.25) is 0 Å². The summed E-state index contributed by atoms with van der Waals surface area (Å²) < 4.78 is 12.8. The van der Waals surface area contributed by atoms with Crippen molar-refractivity contribution in [3.8, 4) is 11.1 Å². The summed E-state index contributed by atoms with van der Waals surface area (Å²) in [7, 11) is 0.978. The van der Waals surface area contributed by atoms with Crippen LogP contribution in [-0.4, -0.2) is 43.3 Å². The monoisotopic (exact) mass is 780 g/mol. The first-order valence-corrected chi connectivity index (χ1v) is 14.6. The van der Waals surface area contributed by atoms with Crippen LogP contribution < -0.4 is 5.46 Å². The maximum atomic E-state index is 11.8. The Morgan fingerprint density at radius 2 is 1.20 bits per heavy atom. The number of esters is 2. The van der Waals surface area contributed by atoms with Crippen molar-refractivity contribution in [3.63, 3.8) is 0 Å². The first kappa shape index (κ1) is 33.7. The largest absolute Gasteiger partial charge is 0.489 e. The van der Waals surface area contributed by atoms with Gasteiger partial charge in [-0.1, -0.05) is 74.3 Å². The molecule has 4 aromatic carbocycles. The van der Waals surface area contributed by atoms with Crippen molar-refractivity contribution in [2.24, 2.45) is 0 Å². The Labute approximate surface area is 265 Å². The average Bonchev–Trinajstić information content (AvgIpc) is 2.95. The molecule has 0 bridgehead atoms. The van der Waals surface area contributed by atoms with E-state index in [2.05, 4.69) is 84.3 Å². The van der Waals surface area contributed by atoms with Crippen LogP contribution in [0, 0.1) is 17.4 Å². The van der Waals surface area contributed by atoms with Crippen molar-refractivity contribution >= 4 is 79.0 Å². The Hall–Kier alpha value is -2.51. The molecule has 0 amide bonds. The first-order valence-electron chi connectivity index (χ1n) is 11.9. The fourth-order valence-electron chi connectivity index (χ4n) is 3.56. The Balaban J connectivity index is 0.000000224. The second-order valence-corrected chi connectivity index (χ2v) is 11.3. The molecule has 10 heteroatoms. The summed E-state index contributed by atoms with van der Waals surface area (Å²) in [5, 5.41) is 17.8. The highest BCUT2D eigenvalue weighted by Gasteiger charge is 2.19. The minimum Gasteiger partial charge on any atom is -0.465 e. The topological polar surface area (TPSA) is 93.1 Å². The zero-order valence-corrected chi connectivity index (χ0v) is 27.7. The van der Waals surface area contributed by atoms with E-state index in [1.807, 2.05) is 43.3 Å². The van der Waals surface area contributed by atoms with Gasteiger partial charge in [-0.25, -0.2) is 9.59 Å². The molecule has 0 radical (unpaired) electrons. The van der Waals surface area contributed by atoms with E-state index >= 15 is 0 Å². The van der Waals surface area contributed by atoms with Gasteiger partial charge in [0, 0.05) is 12.5 Å². The highest BCUT2D eigenvalue weighted by atomic mass is 127. The molecule has 0 aromatic heterocycles. The lowest BCUT2D eigenvalue weighted by atomic mass is 9.77. The highest BCUT2D eigenvalue weighted by molar-refractivity contribution is 14.1. The quantitative estimate of drug-likeness (QED) is 0.136. The van der Waals surface area contributed by atoms with Crippen molar-refractivity contribution in [2.45, 2.75) is 13.8 Å². The third-order valence-corrected chi connectivity index (χ3v) is 7.77. The molecule has 0 unspecified atom stereocenters. The maximum Gasteiger partial charge on any atom is 0.489 e. The lowest BCUT2D eigenvalue weighted by molar-refractivity contribution is 0.0593. The lowest BCUT2D eigenvalue weighted by Gasteiger charge is -2.10. The summed E-state index contributed by atoms with van der Waals surface area (Å²) in [5.74, 6) is -0.892. The predicted octanol–water partition coefficient (Wildman–Crippen LogP) is 6.73. The summed E-state index contributed by atoms with van der Waals surface area (Å²) in [6, 6.07) is 25.9. The second kappa shape index (κ2) is 16.7. The van der Waals surface area contributed by atoms with E-state index in [-0.39, 0.29) is 17.0 Å². The Morgan fingerprint density at radius 1 is 0.700 bits per heavy atom. The summed E-state index contributed by atoms with van der Waals surface area (Å²) >= 11 is 9.15. The van der Waals surface area contributed by atoms with Gasteiger partial charge >= 0.3 is 19.1 Å². The molecule has 0 spiro atoms. The van der Waals surface area contributed by atoms with Crippen LogP contribution in [0.4, 0.5) is 0 Å². The van der Waals surface area contributed by atoms with Crippen LogP contribution >= 0.6 is 54.5 Å². The molecular formula is C30H28BBr2IO6.